The maximum atomic E-state index is 12.7. The quantitative estimate of drug-likeness (QED) is 0.900. The molecule has 0 aliphatic heterocycles. The molecule has 2 aromatic rings. The van der Waals surface area contributed by atoms with Gasteiger partial charge in [-0.25, -0.2) is 0 Å². The Kier molecular flexibility index (Phi) is 5.14. The highest BCUT2D eigenvalue weighted by molar-refractivity contribution is 6.06. The molecule has 25 heavy (non-hydrogen) atoms. The standard InChI is InChI=1S/C20H23N3O2/c1-23(18-8-3-2-4-9-18)20(25)15-6-5-7-17(13-15)22-19(24)14-10-11-16(21)12-14/h2-9,13-14,16H,10-12,21H2,1H3,(H,22,24). The fourth-order valence-corrected chi connectivity index (χ4v) is 3.19. The lowest BCUT2D eigenvalue weighted by Gasteiger charge is -2.18. The third-order valence-electron chi connectivity index (χ3n) is 4.67. The second-order valence-electron chi connectivity index (χ2n) is 6.54. The van der Waals surface area contributed by atoms with E-state index in [1.54, 1.807) is 36.2 Å². The fourth-order valence-electron chi connectivity index (χ4n) is 3.19. The van der Waals surface area contributed by atoms with Crippen molar-refractivity contribution in [2.24, 2.45) is 11.7 Å². The van der Waals surface area contributed by atoms with Gasteiger partial charge in [0.05, 0.1) is 0 Å². The van der Waals surface area contributed by atoms with Crippen molar-refractivity contribution in [2.45, 2.75) is 25.3 Å². The molecule has 0 bridgehead atoms. The van der Waals surface area contributed by atoms with Gasteiger partial charge in [0.25, 0.3) is 5.91 Å². The van der Waals surface area contributed by atoms with Gasteiger partial charge in [0.1, 0.15) is 0 Å². The lowest BCUT2D eigenvalue weighted by Crippen LogP contribution is -2.26. The van der Waals surface area contributed by atoms with Crippen molar-refractivity contribution in [3.63, 3.8) is 0 Å². The Balaban J connectivity index is 1.70. The van der Waals surface area contributed by atoms with E-state index < -0.39 is 0 Å². The molecule has 5 heteroatoms. The Labute approximate surface area is 147 Å². The third-order valence-corrected chi connectivity index (χ3v) is 4.67. The van der Waals surface area contributed by atoms with E-state index in [9.17, 15) is 9.59 Å². The Morgan fingerprint density at radius 3 is 2.52 bits per heavy atom. The van der Waals surface area contributed by atoms with Crippen LogP contribution in [-0.4, -0.2) is 24.9 Å². The number of para-hydroxylation sites is 1. The lowest BCUT2D eigenvalue weighted by molar-refractivity contribution is -0.119. The molecule has 1 aliphatic rings. The molecule has 1 aliphatic carbocycles. The third kappa shape index (κ3) is 4.06. The van der Waals surface area contributed by atoms with Crippen LogP contribution in [0.1, 0.15) is 29.6 Å². The number of hydrogen-bond donors (Lipinski definition) is 2. The van der Waals surface area contributed by atoms with Crippen LogP contribution in [0.4, 0.5) is 11.4 Å². The molecule has 1 saturated carbocycles. The number of carbonyl (C=O) groups is 2. The molecule has 1 fully saturated rings. The van der Waals surface area contributed by atoms with Crippen LogP contribution in [0, 0.1) is 5.92 Å². The molecule has 5 nitrogen and oxygen atoms in total. The molecule has 0 spiro atoms. The Bertz CT molecular complexity index is 761. The van der Waals surface area contributed by atoms with Gasteiger partial charge in [0.2, 0.25) is 5.91 Å². The van der Waals surface area contributed by atoms with Crippen LogP contribution < -0.4 is 16.0 Å². The summed E-state index contributed by atoms with van der Waals surface area (Å²) in [6.07, 6.45) is 2.43. The summed E-state index contributed by atoms with van der Waals surface area (Å²) in [5.41, 5.74) is 7.87. The van der Waals surface area contributed by atoms with E-state index in [-0.39, 0.29) is 23.8 Å². The first kappa shape index (κ1) is 17.2. The number of nitrogens with two attached hydrogens (primary N) is 1. The zero-order valence-corrected chi connectivity index (χ0v) is 14.3. The van der Waals surface area contributed by atoms with Gasteiger partial charge in [-0.2, -0.15) is 0 Å². The van der Waals surface area contributed by atoms with E-state index >= 15 is 0 Å². The molecule has 130 valence electrons. The zero-order valence-electron chi connectivity index (χ0n) is 14.3. The number of anilines is 2. The predicted molar refractivity (Wildman–Crippen MR) is 99.6 cm³/mol. The van der Waals surface area contributed by atoms with Crippen molar-refractivity contribution in [1.29, 1.82) is 0 Å². The van der Waals surface area contributed by atoms with Crippen LogP contribution in [0.2, 0.25) is 0 Å². The van der Waals surface area contributed by atoms with Crippen molar-refractivity contribution in [3.05, 3.63) is 60.2 Å². The topological polar surface area (TPSA) is 75.4 Å². The van der Waals surface area contributed by atoms with Gasteiger partial charge < -0.3 is 16.0 Å². The van der Waals surface area contributed by atoms with Crippen LogP contribution >= 0.6 is 0 Å². The molecule has 2 unspecified atom stereocenters. The Morgan fingerprint density at radius 2 is 1.84 bits per heavy atom. The average Bonchev–Trinajstić information content (AvgIpc) is 3.08. The first-order valence-electron chi connectivity index (χ1n) is 8.54. The van der Waals surface area contributed by atoms with Crippen molar-refractivity contribution < 1.29 is 9.59 Å². The maximum Gasteiger partial charge on any atom is 0.258 e. The molecule has 2 amide bonds. The summed E-state index contributed by atoms with van der Waals surface area (Å²) in [7, 11) is 1.74. The lowest BCUT2D eigenvalue weighted by atomic mass is 10.1. The number of rotatable bonds is 4. The largest absolute Gasteiger partial charge is 0.328 e. The number of amides is 2. The highest BCUT2D eigenvalue weighted by atomic mass is 16.2. The number of nitrogens with one attached hydrogen (secondary N) is 1. The van der Waals surface area contributed by atoms with Gasteiger partial charge in [-0.05, 0) is 49.6 Å². The highest BCUT2D eigenvalue weighted by Gasteiger charge is 2.27. The van der Waals surface area contributed by atoms with E-state index in [1.807, 2.05) is 30.3 Å². The molecule has 0 radical (unpaired) electrons. The van der Waals surface area contributed by atoms with Crippen molar-refractivity contribution >= 4 is 23.2 Å². The SMILES string of the molecule is CN(C(=O)c1cccc(NC(=O)C2CCC(N)C2)c1)c1ccccc1. The second-order valence-corrected chi connectivity index (χ2v) is 6.54. The summed E-state index contributed by atoms with van der Waals surface area (Å²) < 4.78 is 0. The number of carbonyl (C=O) groups excluding carboxylic acids is 2. The van der Waals surface area contributed by atoms with E-state index in [4.69, 9.17) is 5.73 Å². The van der Waals surface area contributed by atoms with Gasteiger partial charge in [-0.15, -0.1) is 0 Å². The zero-order chi connectivity index (χ0) is 17.8. The van der Waals surface area contributed by atoms with E-state index in [2.05, 4.69) is 5.32 Å². The first-order valence-corrected chi connectivity index (χ1v) is 8.54. The summed E-state index contributed by atoms with van der Waals surface area (Å²) in [4.78, 5) is 26.6. The number of benzene rings is 2. The number of hydrogen-bond acceptors (Lipinski definition) is 3. The minimum atomic E-state index is -0.120. The van der Waals surface area contributed by atoms with Crippen molar-refractivity contribution in [1.82, 2.24) is 0 Å². The summed E-state index contributed by atoms with van der Waals surface area (Å²) in [6.45, 7) is 0. The molecule has 0 saturated heterocycles. The predicted octanol–water partition coefficient (Wildman–Crippen LogP) is 3.03. The van der Waals surface area contributed by atoms with Gasteiger partial charge in [-0.1, -0.05) is 24.3 Å². The van der Waals surface area contributed by atoms with Crippen molar-refractivity contribution in [3.8, 4) is 0 Å². The second kappa shape index (κ2) is 7.49. The molecular formula is C20H23N3O2. The van der Waals surface area contributed by atoms with Gasteiger partial charge in [-0.3, -0.25) is 9.59 Å². The maximum absolute atomic E-state index is 12.7. The minimum absolute atomic E-state index is 0.0195. The number of nitrogens with zero attached hydrogens (tertiary/aromatic N) is 1. The van der Waals surface area contributed by atoms with Gasteiger partial charge in [0, 0.05) is 35.9 Å². The summed E-state index contributed by atoms with van der Waals surface area (Å²) >= 11 is 0. The Morgan fingerprint density at radius 1 is 1.08 bits per heavy atom. The first-order chi connectivity index (χ1) is 12.0. The van der Waals surface area contributed by atoms with E-state index in [1.165, 1.54) is 0 Å². The van der Waals surface area contributed by atoms with Crippen LogP contribution in [0.5, 0.6) is 0 Å². The average molecular weight is 337 g/mol. The van der Waals surface area contributed by atoms with E-state index in [0.29, 0.717) is 11.3 Å². The summed E-state index contributed by atoms with van der Waals surface area (Å²) in [5.74, 6) is -0.180. The van der Waals surface area contributed by atoms with Gasteiger partial charge >= 0.3 is 0 Å². The molecule has 0 aromatic heterocycles. The van der Waals surface area contributed by atoms with Gasteiger partial charge in [0.15, 0.2) is 0 Å². The Hall–Kier alpha value is -2.66. The summed E-state index contributed by atoms with van der Waals surface area (Å²) in [6, 6.07) is 16.6. The highest BCUT2D eigenvalue weighted by Crippen LogP contribution is 2.26. The van der Waals surface area contributed by atoms with Crippen LogP contribution in [0.3, 0.4) is 0 Å². The minimum Gasteiger partial charge on any atom is -0.328 e. The monoisotopic (exact) mass is 337 g/mol. The van der Waals surface area contributed by atoms with Crippen molar-refractivity contribution in [2.75, 3.05) is 17.3 Å². The smallest absolute Gasteiger partial charge is 0.258 e. The molecule has 3 N–H and O–H groups in total. The molecular weight excluding hydrogens is 314 g/mol. The summed E-state index contributed by atoms with van der Waals surface area (Å²) in [5, 5.41) is 2.91. The normalized spacial score (nSPS) is 19.4. The molecule has 2 atom stereocenters. The molecule has 0 heterocycles. The van der Waals surface area contributed by atoms with Crippen LogP contribution in [0.15, 0.2) is 54.6 Å². The van der Waals surface area contributed by atoms with Crippen LogP contribution in [0.25, 0.3) is 0 Å². The molecule has 2 aromatic carbocycles. The fraction of sp³-hybridized carbons (Fsp3) is 0.300. The van der Waals surface area contributed by atoms with Crippen LogP contribution in [-0.2, 0) is 4.79 Å². The molecule has 3 rings (SSSR count). The van der Waals surface area contributed by atoms with E-state index in [0.717, 1.165) is 24.9 Å².